The van der Waals surface area contributed by atoms with Gasteiger partial charge in [0.05, 0.1) is 40.4 Å². The molecule has 4 rings (SSSR count). The van der Waals surface area contributed by atoms with Crippen LogP contribution < -0.4 is 10.3 Å². The normalized spacial score (nSPS) is 14.3. The lowest BCUT2D eigenvalue weighted by Gasteiger charge is -2.30. The lowest BCUT2D eigenvalue weighted by Crippen LogP contribution is -2.37. The van der Waals surface area contributed by atoms with Gasteiger partial charge in [0.15, 0.2) is 0 Å². The standard InChI is InChI=1S/C18H17N5O4/c24-18(20-22-12-19-15-3-1-2-4-17(15)22)14-11-13(23(25)26)5-6-16(14)21-7-9-27-10-8-21/h1-6,11-12H,7-10H2,(H,20,24). The number of carbonyl (C=O) groups is 1. The van der Waals surface area contributed by atoms with Gasteiger partial charge in [-0.25, -0.2) is 9.66 Å². The van der Waals surface area contributed by atoms with Crippen molar-refractivity contribution in [2.75, 3.05) is 36.6 Å². The van der Waals surface area contributed by atoms with Crippen molar-refractivity contribution in [3.8, 4) is 0 Å². The summed E-state index contributed by atoms with van der Waals surface area (Å²) in [5, 5.41) is 11.2. The molecule has 1 N–H and O–H groups in total. The van der Waals surface area contributed by atoms with Gasteiger partial charge < -0.3 is 9.64 Å². The number of amides is 1. The molecule has 3 aromatic rings. The first kappa shape index (κ1) is 17.0. The van der Waals surface area contributed by atoms with Gasteiger partial charge in [0.25, 0.3) is 11.6 Å². The third-order valence-electron chi connectivity index (χ3n) is 4.46. The van der Waals surface area contributed by atoms with Crippen LogP contribution in [0.5, 0.6) is 0 Å². The summed E-state index contributed by atoms with van der Waals surface area (Å²) in [5.74, 6) is -0.441. The lowest BCUT2D eigenvalue weighted by molar-refractivity contribution is -0.384. The average molecular weight is 367 g/mol. The molecule has 1 amide bonds. The second-order valence-electron chi connectivity index (χ2n) is 6.10. The van der Waals surface area contributed by atoms with E-state index < -0.39 is 10.8 Å². The first-order chi connectivity index (χ1) is 13.1. The van der Waals surface area contributed by atoms with E-state index in [1.165, 1.54) is 23.1 Å². The summed E-state index contributed by atoms with van der Waals surface area (Å²) in [5.41, 5.74) is 4.99. The zero-order valence-corrected chi connectivity index (χ0v) is 14.4. The van der Waals surface area contributed by atoms with E-state index in [1.54, 1.807) is 6.07 Å². The molecule has 0 bridgehead atoms. The summed E-state index contributed by atoms with van der Waals surface area (Å²) >= 11 is 0. The maximum atomic E-state index is 13.0. The number of morpholine rings is 1. The number of aromatic nitrogens is 2. The Morgan fingerprint density at radius 2 is 1.96 bits per heavy atom. The molecule has 138 valence electrons. The van der Waals surface area contributed by atoms with E-state index in [2.05, 4.69) is 10.4 Å². The third kappa shape index (κ3) is 3.32. The van der Waals surface area contributed by atoms with Gasteiger partial charge in [0, 0.05) is 25.2 Å². The van der Waals surface area contributed by atoms with Crippen LogP contribution in [0.3, 0.4) is 0 Å². The highest BCUT2D eigenvalue weighted by Crippen LogP contribution is 2.27. The molecule has 0 spiro atoms. The van der Waals surface area contributed by atoms with Crippen molar-refractivity contribution in [3.63, 3.8) is 0 Å². The number of fused-ring (bicyclic) bond motifs is 1. The maximum absolute atomic E-state index is 13.0. The van der Waals surface area contributed by atoms with Gasteiger partial charge in [-0.2, -0.15) is 0 Å². The number of hydrogen-bond acceptors (Lipinski definition) is 6. The molecule has 0 saturated carbocycles. The number of nitro groups is 1. The molecule has 0 atom stereocenters. The van der Waals surface area contributed by atoms with Crippen molar-refractivity contribution in [1.29, 1.82) is 0 Å². The minimum absolute atomic E-state index is 0.132. The first-order valence-electron chi connectivity index (χ1n) is 8.48. The quantitative estimate of drug-likeness (QED) is 0.560. The van der Waals surface area contributed by atoms with Crippen LogP contribution in [0.2, 0.25) is 0 Å². The van der Waals surface area contributed by atoms with Crippen LogP contribution in [0.4, 0.5) is 11.4 Å². The Morgan fingerprint density at radius 3 is 2.74 bits per heavy atom. The molecular weight excluding hydrogens is 350 g/mol. The Morgan fingerprint density at radius 1 is 1.19 bits per heavy atom. The topological polar surface area (TPSA) is 103 Å². The Bertz CT molecular complexity index is 1010. The largest absolute Gasteiger partial charge is 0.378 e. The number of non-ortho nitro benzene ring substituents is 1. The smallest absolute Gasteiger partial charge is 0.272 e. The maximum Gasteiger partial charge on any atom is 0.272 e. The second-order valence-corrected chi connectivity index (χ2v) is 6.10. The highest BCUT2D eigenvalue weighted by molar-refractivity contribution is 6.05. The van der Waals surface area contributed by atoms with Crippen molar-refractivity contribution in [3.05, 3.63) is 64.5 Å². The van der Waals surface area contributed by atoms with Gasteiger partial charge in [-0.1, -0.05) is 12.1 Å². The molecular formula is C18H17N5O4. The van der Waals surface area contributed by atoms with E-state index >= 15 is 0 Å². The number of anilines is 1. The van der Waals surface area contributed by atoms with E-state index in [4.69, 9.17) is 4.74 Å². The number of imidazole rings is 1. The molecule has 27 heavy (non-hydrogen) atoms. The summed E-state index contributed by atoms with van der Waals surface area (Å²) in [6, 6.07) is 11.7. The summed E-state index contributed by atoms with van der Waals surface area (Å²) in [6.07, 6.45) is 1.51. The fourth-order valence-corrected chi connectivity index (χ4v) is 3.12. The summed E-state index contributed by atoms with van der Waals surface area (Å²) < 4.78 is 6.87. The molecule has 0 radical (unpaired) electrons. The van der Waals surface area contributed by atoms with Gasteiger partial charge in [0.1, 0.15) is 6.33 Å². The number of para-hydroxylation sites is 2. The van der Waals surface area contributed by atoms with Crippen molar-refractivity contribution in [1.82, 2.24) is 9.66 Å². The van der Waals surface area contributed by atoms with Gasteiger partial charge in [-0.3, -0.25) is 20.3 Å². The molecule has 9 nitrogen and oxygen atoms in total. The molecule has 1 aliphatic heterocycles. The van der Waals surface area contributed by atoms with Crippen LogP contribution in [0.15, 0.2) is 48.8 Å². The van der Waals surface area contributed by atoms with Crippen LogP contribution in [-0.2, 0) is 4.74 Å². The Hall–Kier alpha value is -3.46. The number of nitrogens with zero attached hydrogens (tertiary/aromatic N) is 4. The molecule has 0 unspecified atom stereocenters. The number of carbonyl (C=O) groups excluding carboxylic acids is 1. The van der Waals surface area contributed by atoms with Crippen molar-refractivity contribution in [2.45, 2.75) is 0 Å². The molecule has 2 aromatic carbocycles. The Labute approximate surface area is 154 Å². The summed E-state index contributed by atoms with van der Waals surface area (Å²) in [4.78, 5) is 29.9. The van der Waals surface area contributed by atoms with Gasteiger partial charge in [-0.05, 0) is 18.2 Å². The van der Waals surface area contributed by atoms with Crippen LogP contribution in [0, 0.1) is 10.1 Å². The van der Waals surface area contributed by atoms with E-state index in [0.717, 1.165) is 11.0 Å². The third-order valence-corrected chi connectivity index (χ3v) is 4.46. The van der Waals surface area contributed by atoms with E-state index in [1.807, 2.05) is 29.2 Å². The lowest BCUT2D eigenvalue weighted by atomic mass is 10.1. The SMILES string of the molecule is O=C(Nn1cnc2ccccc21)c1cc([N+](=O)[O-])ccc1N1CCOCC1. The highest BCUT2D eigenvalue weighted by atomic mass is 16.6. The second kappa shape index (κ2) is 7.04. The number of rotatable bonds is 4. The number of nitrogens with one attached hydrogen (secondary N) is 1. The van der Waals surface area contributed by atoms with Gasteiger partial charge >= 0.3 is 0 Å². The first-order valence-corrected chi connectivity index (χ1v) is 8.48. The van der Waals surface area contributed by atoms with Gasteiger partial charge in [0.2, 0.25) is 0 Å². The van der Waals surface area contributed by atoms with E-state index in [9.17, 15) is 14.9 Å². The summed E-state index contributed by atoms with van der Waals surface area (Å²) in [6.45, 7) is 2.33. The van der Waals surface area contributed by atoms with E-state index in [0.29, 0.717) is 32.0 Å². The van der Waals surface area contributed by atoms with Crippen molar-refractivity contribution >= 4 is 28.3 Å². The minimum atomic E-state index is -0.507. The van der Waals surface area contributed by atoms with E-state index in [-0.39, 0.29) is 11.3 Å². The Kier molecular flexibility index (Phi) is 4.43. The molecule has 1 saturated heterocycles. The fourth-order valence-electron chi connectivity index (χ4n) is 3.12. The predicted octanol–water partition coefficient (Wildman–Crippen LogP) is 2.17. The van der Waals surface area contributed by atoms with Gasteiger partial charge in [-0.15, -0.1) is 0 Å². The van der Waals surface area contributed by atoms with Crippen LogP contribution >= 0.6 is 0 Å². The molecule has 1 fully saturated rings. The van der Waals surface area contributed by atoms with Crippen LogP contribution in [-0.4, -0.2) is 46.8 Å². The number of ether oxygens (including phenoxy) is 1. The van der Waals surface area contributed by atoms with Crippen LogP contribution in [0.25, 0.3) is 11.0 Å². The van der Waals surface area contributed by atoms with Crippen molar-refractivity contribution < 1.29 is 14.5 Å². The number of hydrogen-bond donors (Lipinski definition) is 1. The molecule has 0 aliphatic carbocycles. The fraction of sp³-hybridized carbons (Fsp3) is 0.222. The highest BCUT2D eigenvalue weighted by Gasteiger charge is 2.22. The monoisotopic (exact) mass is 367 g/mol. The molecule has 1 aromatic heterocycles. The Balaban J connectivity index is 1.70. The van der Waals surface area contributed by atoms with Crippen LogP contribution in [0.1, 0.15) is 10.4 Å². The molecule has 9 heteroatoms. The molecule has 2 heterocycles. The van der Waals surface area contributed by atoms with Crippen molar-refractivity contribution in [2.24, 2.45) is 0 Å². The number of nitro benzene ring substituents is 1. The zero-order valence-electron chi connectivity index (χ0n) is 14.4. The number of benzene rings is 2. The summed E-state index contributed by atoms with van der Waals surface area (Å²) in [7, 11) is 0. The predicted molar refractivity (Wildman–Crippen MR) is 99.6 cm³/mol. The molecule has 1 aliphatic rings. The average Bonchev–Trinajstić information content (AvgIpc) is 3.11. The minimum Gasteiger partial charge on any atom is -0.378 e. The zero-order chi connectivity index (χ0) is 18.8.